The smallest absolute Gasteiger partial charge is 0.253 e. The van der Waals surface area contributed by atoms with Crippen molar-refractivity contribution in [1.29, 1.82) is 0 Å². The summed E-state index contributed by atoms with van der Waals surface area (Å²) in [5.41, 5.74) is 10.5. The summed E-state index contributed by atoms with van der Waals surface area (Å²) in [6.45, 7) is 0. The molecule has 0 radical (unpaired) electrons. The molecule has 1 aliphatic carbocycles. The molecule has 0 aliphatic heterocycles. The Kier molecular flexibility index (Phi) is 5.43. The number of hydrogen-bond donors (Lipinski definition) is 3. The van der Waals surface area contributed by atoms with Gasteiger partial charge < -0.3 is 20.7 Å². The van der Waals surface area contributed by atoms with Gasteiger partial charge in [0.25, 0.3) is 5.91 Å². The molecule has 1 aliphatic rings. The van der Waals surface area contributed by atoms with E-state index in [1.165, 1.54) is 0 Å². The maximum atomic E-state index is 13.0. The van der Waals surface area contributed by atoms with Crippen LogP contribution >= 0.6 is 11.6 Å². The third kappa shape index (κ3) is 3.93. The molecule has 4 N–H and O–H groups in total. The van der Waals surface area contributed by atoms with Crippen molar-refractivity contribution < 1.29 is 9.90 Å². The van der Waals surface area contributed by atoms with Crippen molar-refractivity contribution in [2.75, 3.05) is 5.73 Å². The second kappa shape index (κ2) is 8.00. The van der Waals surface area contributed by atoms with Gasteiger partial charge >= 0.3 is 0 Å². The summed E-state index contributed by atoms with van der Waals surface area (Å²) in [5, 5.41) is 13.6. The Morgan fingerprint density at radius 3 is 2.86 bits per heavy atom. The number of carbonyl (C=O) groups is 1. The molecule has 0 spiro atoms. The zero-order valence-corrected chi connectivity index (χ0v) is 17.0. The fourth-order valence-electron chi connectivity index (χ4n) is 4.01. The fourth-order valence-corrected chi connectivity index (χ4v) is 4.12. The lowest BCUT2D eigenvalue weighted by atomic mass is 9.92. The van der Waals surface area contributed by atoms with E-state index in [4.69, 9.17) is 17.3 Å². The number of amides is 1. The third-order valence-electron chi connectivity index (χ3n) is 5.58. The predicted molar refractivity (Wildman–Crippen MR) is 113 cm³/mol. The van der Waals surface area contributed by atoms with E-state index in [2.05, 4.69) is 15.3 Å². The van der Waals surface area contributed by atoms with Crippen molar-refractivity contribution in [2.45, 2.75) is 44.2 Å². The van der Waals surface area contributed by atoms with Crippen LogP contribution in [-0.2, 0) is 13.5 Å². The minimum absolute atomic E-state index is 0.248. The van der Waals surface area contributed by atoms with Gasteiger partial charge in [-0.2, -0.15) is 0 Å². The number of hydrogen-bond acceptors (Lipinski definition) is 5. The molecular weight excluding hydrogens is 390 g/mol. The highest BCUT2D eigenvalue weighted by atomic mass is 35.5. The van der Waals surface area contributed by atoms with E-state index in [-0.39, 0.29) is 11.9 Å². The molecular formula is C21H24ClN5O2. The number of nitrogens with zero attached hydrogens (tertiary/aromatic N) is 3. The molecule has 29 heavy (non-hydrogen) atoms. The van der Waals surface area contributed by atoms with Crippen LogP contribution < -0.4 is 11.1 Å². The number of pyridine rings is 1. The van der Waals surface area contributed by atoms with Crippen molar-refractivity contribution in [3.63, 3.8) is 0 Å². The highest BCUT2D eigenvalue weighted by Gasteiger charge is 2.26. The second-order valence-electron chi connectivity index (χ2n) is 7.65. The molecule has 1 amide bonds. The second-order valence-corrected chi connectivity index (χ2v) is 8.03. The minimum Gasteiger partial charge on any atom is -0.396 e. The Balaban J connectivity index is 1.71. The van der Waals surface area contributed by atoms with E-state index in [0.717, 1.165) is 41.4 Å². The molecule has 1 aromatic carbocycles. The van der Waals surface area contributed by atoms with Crippen LogP contribution in [0.4, 0.5) is 5.69 Å². The zero-order valence-electron chi connectivity index (χ0n) is 16.2. The van der Waals surface area contributed by atoms with E-state index < -0.39 is 6.10 Å². The number of nitrogens with two attached hydrogens (primary N) is 1. The third-order valence-corrected chi connectivity index (χ3v) is 5.80. The number of halogens is 1. The monoisotopic (exact) mass is 413 g/mol. The summed E-state index contributed by atoms with van der Waals surface area (Å²) in [6, 6.07) is 5.19. The summed E-state index contributed by atoms with van der Waals surface area (Å²) >= 11 is 5.89. The lowest BCUT2D eigenvalue weighted by Crippen LogP contribution is -2.45. The molecule has 0 bridgehead atoms. The van der Waals surface area contributed by atoms with Crippen LogP contribution in [0.2, 0.25) is 5.15 Å². The van der Waals surface area contributed by atoms with Crippen LogP contribution in [0.25, 0.3) is 11.0 Å². The first-order chi connectivity index (χ1) is 13.9. The van der Waals surface area contributed by atoms with E-state index in [1.54, 1.807) is 24.7 Å². The summed E-state index contributed by atoms with van der Waals surface area (Å²) in [4.78, 5) is 21.7. The number of benzene rings is 1. The average Bonchev–Trinajstić information content (AvgIpc) is 3.10. The molecule has 4 rings (SSSR count). The van der Waals surface area contributed by atoms with Crippen LogP contribution in [0, 0.1) is 0 Å². The average molecular weight is 414 g/mol. The number of aliphatic hydroxyl groups excluding tert-OH is 1. The summed E-state index contributed by atoms with van der Waals surface area (Å²) < 4.78 is 1.82. The number of nitrogen functional groups attached to an aromatic ring is 1. The van der Waals surface area contributed by atoms with Gasteiger partial charge in [-0.25, -0.2) is 9.97 Å². The summed E-state index contributed by atoms with van der Waals surface area (Å²) in [5.74, 6) is -0.271. The maximum Gasteiger partial charge on any atom is 0.253 e. The molecule has 2 heterocycles. The predicted octanol–water partition coefficient (Wildman–Crippen LogP) is 2.83. The Labute approximate surface area is 173 Å². The van der Waals surface area contributed by atoms with Gasteiger partial charge in [-0.3, -0.25) is 4.79 Å². The minimum atomic E-state index is -0.519. The SMILES string of the molecule is Cn1cnc2c(Cc3ccc(Cl)nc3)cc(C(=O)N[C@H]3CCCC[C@@H]3O)c(N)c21. The van der Waals surface area contributed by atoms with Crippen molar-refractivity contribution in [3.8, 4) is 0 Å². The van der Waals surface area contributed by atoms with Crippen molar-refractivity contribution in [3.05, 3.63) is 52.6 Å². The first-order valence-corrected chi connectivity index (χ1v) is 10.1. The lowest BCUT2D eigenvalue weighted by molar-refractivity contribution is 0.0718. The zero-order chi connectivity index (χ0) is 20.5. The van der Waals surface area contributed by atoms with Gasteiger partial charge in [-0.1, -0.05) is 30.5 Å². The normalized spacial score (nSPS) is 19.4. The van der Waals surface area contributed by atoms with Crippen molar-refractivity contribution >= 4 is 34.2 Å². The van der Waals surface area contributed by atoms with Gasteiger partial charge in [0, 0.05) is 19.7 Å². The molecule has 8 heteroatoms. The maximum absolute atomic E-state index is 13.0. The number of anilines is 1. The van der Waals surface area contributed by atoms with Crippen LogP contribution in [0.3, 0.4) is 0 Å². The Morgan fingerprint density at radius 1 is 1.34 bits per heavy atom. The number of aliphatic hydroxyl groups is 1. The molecule has 2 aromatic heterocycles. The van der Waals surface area contributed by atoms with Gasteiger partial charge in [0.15, 0.2) is 0 Å². The first-order valence-electron chi connectivity index (χ1n) is 9.75. The summed E-state index contributed by atoms with van der Waals surface area (Å²) in [6.07, 6.45) is 6.88. The molecule has 0 saturated heterocycles. The Morgan fingerprint density at radius 2 is 2.14 bits per heavy atom. The molecule has 0 unspecified atom stereocenters. The van der Waals surface area contributed by atoms with Crippen molar-refractivity contribution in [2.24, 2.45) is 7.05 Å². The van der Waals surface area contributed by atoms with E-state index in [0.29, 0.717) is 29.2 Å². The van der Waals surface area contributed by atoms with E-state index in [9.17, 15) is 9.90 Å². The highest BCUT2D eigenvalue weighted by molar-refractivity contribution is 6.29. The van der Waals surface area contributed by atoms with Crippen LogP contribution in [0.5, 0.6) is 0 Å². The number of rotatable bonds is 4. The topological polar surface area (TPSA) is 106 Å². The van der Waals surface area contributed by atoms with Crippen LogP contribution in [0.15, 0.2) is 30.7 Å². The number of aromatic nitrogens is 3. The van der Waals surface area contributed by atoms with Crippen molar-refractivity contribution in [1.82, 2.24) is 19.9 Å². The quantitative estimate of drug-likeness (QED) is 0.450. The molecule has 1 fully saturated rings. The number of fused-ring (bicyclic) bond motifs is 1. The van der Waals surface area contributed by atoms with E-state index >= 15 is 0 Å². The van der Waals surface area contributed by atoms with Gasteiger partial charge in [0.1, 0.15) is 5.15 Å². The van der Waals surface area contributed by atoms with Gasteiger partial charge in [-0.05, 0) is 36.1 Å². The Hall–Kier alpha value is -2.64. The molecule has 1 saturated carbocycles. The standard InChI is InChI=1S/C21H24ClN5O2/c1-27-11-25-19-13(8-12-6-7-17(22)24-10-12)9-14(18(23)20(19)27)21(29)26-15-4-2-3-5-16(15)28/h6-7,9-11,15-16,28H,2-5,8,23H2,1H3,(H,26,29)/t15-,16-/m0/s1. The van der Waals surface area contributed by atoms with Crippen LogP contribution in [0.1, 0.15) is 47.2 Å². The Bertz CT molecular complexity index is 1050. The fraction of sp³-hybridized carbons (Fsp3) is 0.381. The van der Waals surface area contributed by atoms with Gasteiger partial charge in [0.2, 0.25) is 0 Å². The van der Waals surface area contributed by atoms with Gasteiger partial charge in [-0.15, -0.1) is 0 Å². The largest absolute Gasteiger partial charge is 0.396 e. The number of imidazole rings is 1. The lowest BCUT2D eigenvalue weighted by Gasteiger charge is -2.28. The number of aryl methyl sites for hydroxylation is 1. The number of carbonyl (C=O) groups excluding carboxylic acids is 1. The molecule has 3 aromatic rings. The molecule has 152 valence electrons. The molecule has 7 nitrogen and oxygen atoms in total. The number of nitrogens with one attached hydrogen (secondary N) is 1. The summed E-state index contributed by atoms with van der Waals surface area (Å²) in [7, 11) is 1.85. The van der Waals surface area contributed by atoms with Crippen LogP contribution in [-0.4, -0.2) is 37.7 Å². The first kappa shape index (κ1) is 19.7. The van der Waals surface area contributed by atoms with Gasteiger partial charge in [0.05, 0.1) is 40.8 Å². The highest BCUT2D eigenvalue weighted by Crippen LogP contribution is 2.30. The molecule has 2 atom stereocenters. The van der Waals surface area contributed by atoms with E-state index in [1.807, 2.05) is 17.7 Å².